The molecule has 0 bridgehead atoms. The number of aromatic nitrogens is 2. The predicted octanol–water partition coefficient (Wildman–Crippen LogP) is 4.71. The lowest BCUT2D eigenvalue weighted by Gasteiger charge is -2.26. The molecule has 2 heterocycles. The second kappa shape index (κ2) is 10.6. The number of hydrogen-bond acceptors (Lipinski definition) is 4. The number of hydrogen-bond donors (Lipinski definition) is 1. The molecule has 7 nitrogen and oxygen atoms in total. The molecule has 2 aliphatic carbocycles. The molecule has 8 heteroatoms. The van der Waals surface area contributed by atoms with Gasteiger partial charge in [-0.1, -0.05) is 48.9 Å². The minimum atomic E-state index is -0.310. The monoisotopic (exact) mass is 482 g/mol. The second-order valence-electron chi connectivity index (χ2n) is 9.05. The zero-order valence-corrected chi connectivity index (χ0v) is 20.6. The van der Waals surface area contributed by atoms with Crippen molar-refractivity contribution in [2.75, 3.05) is 13.2 Å². The number of nitrogens with zero attached hydrogens (tertiary/aromatic N) is 3. The highest BCUT2D eigenvalue weighted by molar-refractivity contribution is 6.33. The molecule has 3 aliphatic rings. The van der Waals surface area contributed by atoms with Gasteiger partial charge in [-0.25, -0.2) is 0 Å². The van der Waals surface area contributed by atoms with Crippen LogP contribution in [0.25, 0.3) is 0 Å². The van der Waals surface area contributed by atoms with Crippen molar-refractivity contribution in [3.63, 3.8) is 0 Å². The Hall–Kier alpha value is -2.90. The quantitative estimate of drug-likeness (QED) is 0.636. The van der Waals surface area contributed by atoms with E-state index in [1.165, 1.54) is 18.7 Å². The maximum atomic E-state index is 13.2. The van der Waals surface area contributed by atoms with Gasteiger partial charge in [-0.2, -0.15) is 5.10 Å². The smallest absolute Gasteiger partial charge is 0.275 e. The van der Waals surface area contributed by atoms with E-state index >= 15 is 0 Å². The molecule has 1 aromatic heterocycles. The summed E-state index contributed by atoms with van der Waals surface area (Å²) in [4.78, 5) is 26.4. The highest BCUT2D eigenvalue weighted by Crippen LogP contribution is 2.26. The van der Waals surface area contributed by atoms with Gasteiger partial charge < -0.3 is 15.0 Å². The van der Waals surface area contributed by atoms with Gasteiger partial charge in [0.05, 0.1) is 30.0 Å². The minimum absolute atomic E-state index is 0.0125. The van der Waals surface area contributed by atoms with E-state index in [1.807, 2.05) is 25.2 Å². The molecular weight excluding hydrogens is 452 g/mol. The lowest BCUT2D eigenvalue weighted by molar-refractivity contribution is -0.126. The molecule has 0 aromatic carbocycles. The zero-order valence-electron chi connectivity index (χ0n) is 19.8. The third-order valence-corrected chi connectivity index (χ3v) is 6.63. The Balaban J connectivity index is 1.38. The maximum Gasteiger partial charge on any atom is 0.275 e. The van der Waals surface area contributed by atoms with Crippen molar-refractivity contribution in [3.05, 3.63) is 76.4 Å². The maximum absolute atomic E-state index is 13.2. The average molecular weight is 483 g/mol. The third-order valence-electron chi connectivity index (χ3n) is 6.36. The first-order chi connectivity index (χ1) is 16.3. The van der Waals surface area contributed by atoms with Gasteiger partial charge in [-0.05, 0) is 49.3 Å². The molecule has 0 radical (unpaired) electrons. The number of rotatable bonds is 6. The van der Waals surface area contributed by atoms with Gasteiger partial charge in [-0.3, -0.25) is 14.3 Å². The Kier molecular flexibility index (Phi) is 7.54. The number of amides is 2. The van der Waals surface area contributed by atoms with Crippen molar-refractivity contribution in [2.45, 2.75) is 52.2 Å². The minimum Gasteiger partial charge on any atom is -0.369 e. The first-order valence-corrected chi connectivity index (χ1v) is 12.1. The van der Waals surface area contributed by atoms with Crippen LogP contribution in [-0.4, -0.2) is 45.8 Å². The van der Waals surface area contributed by atoms with Gasteiger partial charge in [0.1, 0.15) is 5.69 Å². The van der Waals surface area contributed by atoms with E-state index in [4.69, 9.17) is 16.3 Å². The molecule has 0 fully saturated rings. The molecule has 0 spiro atoms. The molecule has 2 amide bonds. The van der Waals surface area contributed by atoms with E-state index in [2.05, 4.69) is 35.6 Å². The van der Waals surface area contributed by atoms with Gasteiger partial charge in [0, 0.05) is 25.4 Å². The van der Waals surface area contributed by atoms with Crippen LogP contribution >= 0.6 is 11.6 Å². The normalized spacial score (nSPS) is 24.4. The Labute approximate surface area is 205 Å². The third kappa shape index (κ3) is 5.59. The molecule has 3 atom stereocenters. The predicted molar refractivity (Wildman–Crippen MR) is 132 cm³/mol. The van der Waals surface area contributed by atoms with Crippen LogP contribution in [0, 0.1) is 5.92 Å². The fraction of sp³-hybridized carbons (Fsp3) is 0.423. The Bertz CT molecular complexity index is 1110. The van der Waals surface area contributed by atoms with Gasteiger partial charge >= 0.3 is 0 Å². The average Bonchev–Trinajstić information content (AvgIpc) is 3.21. The summed E-state index contributed by atoms with van der Waals surface area (Å²) in [6, 6.07) is -0.148. The molecule has 1 N–H and O–H groups in total. The number of allylic oxidation sites excluding steroid dienone is 4. The summed E-state index contributed by atoms with van der Waals surface area (Å²) in [6.07, 6.45) is 18.1. The molecule has 0 saturated heterocycles. The van der Waals surface area contributed by atoms with E-state index < -0.39 is 0 Å². The first kappa shape index (κ1) is 24.2. The van der Waals surface area contributed by atoms with Crippen LogP contribution in [-0.2, 0) is 9.53 Å². The van der Waals surface area contributed by atoms with Crippen LogP contribution in [0.15, 0.2) is 65.7 Å². The molecule has 1 aromatic rings. The number of carbonyl (C=O) groups is 2. The summed E-state index contributed by atoms with van der Waals surface area (Å²) in [6.45, 7) is 6.84. The van der Waals surface area contributed by atoms with E-state index in [1.54, 1.807) is 15.8 Å². The van der Waals surface area contributed by atoms with Crippen LogP contribution < -0.4 is 5.32 Å². The molecule has 3 unspecified atom stereocenters. The lowest BCUT2D eigenvalue weighted by Crippen LogP contribution is -2.33. The van der Waals surface area contributed by atoms with Crippen molar-refractivity contribution < 1.29 is 14.3 Å². The number of nitrogens with one attached hydrogen (secondary N) is 1. The summed E-state index contributed by atoms with van der Waals surface area (Å²) >= 11 is 6.34. The van der Waals surface area contributed by atoms with Gasteiger partial charge in [0.2, 0.25) is 5.91 Å². The molecular formula is C26H31ClN4O3. The molecule has 34 heavy (non-hydrogen) atoms. The number of carbonyl (C=O) groups excluding carboxylic acids is 2. The zero-order chi connectivity index (χ0) is 24.2. The largest absolute Gasteiger partial charge is 0.369 e. The van der Waals surface area contributed by atoms with E-state index in [0.717, 1.165) is 17.7 Å². The van der Waals surface area contributed by atoms with Gasteiger partial charge in [-0.15, -0.1) is 0 Å². The number of ether oxygens (including phenoxy) is 1. The van der Waals surface area contributed by atoms with Crippen LogP contribution in [0.5, 0.6) is 0 Å². The van der Waals surface area contributed by atoms with Crippen molar-refractivity contribution in [1.29, 1.82) is 0 Å². The second-order valence-corrected chi connectivity index (χ2v) is 9.46. The lowest BCUT2D eigenvalue weighted by atomic mass is 9.99. The molecule has 180 valence electrons. The van der Waals surface area contributed by atoms with Crippen LogP contribution in [0.3, 0.4) is 0 Å². The summed E-state index contributed by atoms with van der Waals surface area (Å²) in [7, 11) is 0. The summed E-state index contributed by atoms with van der Waals surface area (Å²) < 4.78 is 7.70. The highest BCUT2D eigenvalue weighted by Gasteiger charge is 2.26. The van der Waals surface area contributed by atoms with Gasteiger partial charge in [0.15, 0.2) is 0 Å². The van der Waals surface area contributed by atoms with E-state index in [9.17, 15) is 9.59 Å². The summed E-state index contributed by atoms with van der Waals surface area (Å²) in [5.41, 5.74) is 3.22. The topological polar surface area (TPSA) is 76.5 Å². The number of halogens is 1. The Morgan fingerprint density at radius 3 is 2.74 bits per heavy atom. The molecule has 1 aliphatic heterocycles. The fourth-order valence-corrected chi connectivity index (χ4v) is 4.49. The fourth-order valence-electron chi connectivity index (χ4n) is 4.28. The summed E-state index contributed by atoms with van der Waals surface area (Å²) in [5, 5.41) is 7.62. The first-order valence-electron chi connectivity index (χ1n) is 11.7. The SMILES string of the molecule is CC(=O)N1C=CC(n2ncc(Cl)c2C(=O)NC2=CCC(OCC3=CCC(C)C=C3)C=C2C)CC1. The van der Waals surface area contributed by atoms with E-state index in [-0.39, 0.29) is 24.0 Å². The van der Waals surface area contributed by atoms with Crippen molar-refractivity contribution in [1.82, 2.24) is 20.0 Å². The van der Waals surface area contributed by atoms with E-state index in [0.29, 0.717) is 42.6 Å². The van der Waals surface area contributed by atoms with Crippen LogP contribution in [0.1, 0.15) is 56.6 Å². The van der Waals surface area contributed by atoms with Gasteiger partial charge in [0.25, 0.3) is 5.91 Å². The van der Waals surface area contributed by atoms with Crippen LogP contribution in [0.2, 0.25) is 5.02 Å². The van der Waals surface area contributed by atoms with Crippen molar-refractivity contribution in [2.24, 2.45) is 5.92 Å². The standard InChI is InChI=1S/C26H31ClN4O3/c1-17-4-6-20(7-5-17)16-34-22-8-9-24(18(2)14-22)29-26(33)25-23(27)15-28-31(25)21-10-12-30(13-11-21)19(3)32/h4,6-7,9-10,12,14-15,17,21-22H,5,8,11,13,16H2,1-3H3,(H,29,33). The Morgan fingerprint density at radius 1 is 1.26 bits per heavy atom. The molecule has 0 saturated carbocycles. The van der Waals surface area contributed by atoms with Crippen molar-refractivity contribution >= 4 is 23.4 Å². The Morgan fingerprint density at radius 2 is 2.09 bits per heavy atom. The van der Waals surface area contributed by atoms with Crippen molar-refractivity contribution in [3.8, 4) is 0 Å². The molecule has 4 rings (SSSR count). The highest BCUT2D eigenvalue weighted by atomic mass is 35.5. The van der Waals surface area contributed by atoms with Crippen LogP contribution in [0.4, 0.5) is 0 Å². The summed E-state index contributed by atoms with van der Waals surface area (Å²) in [5.74, 6) is 0.264.